The summed E-state index contributed by atoms with van der Waals surface area (Å²) in [6.45, 7) is 2.15. The molecule has 1 saturated heterocycles. The van der Waals surface area contributed by atoms with Crippen LogP contribution < -0.4 is 4.89 Å². The molecule has 0 saturated carbocycles. The Kier molecular flexibility index (Phi) is 4.35. The summed E-state index contributed by atoms with van der Waals surface area (Å²) in [6.07, 6.45) is 3.38. The van der Waals surface area contributed by atoms with Gasteiger partial charge in [0.25, 0.3) is 0 Å². The van der Waals surface area contributed by atoms with Crippen LogP contribution in [0.15, 0.2) is 23.4 Å². The molecule has 0 radical (unpaired) electrons. The molecular formula is C15H17N5O3S. The van der Waals surface area contributed by atoms with Crippen molar-refractivity contribution in [3.63, 3.8) is 0 Å². The minimum Gasteiger partial charge on any atom is -0.342 e. The summed E-state index contributed by atoms with van der Waals surface area (Å²) in [7, 11) is 0. The van der Waals surface area contributed by atoms with Gasteiger partial charge in [0.1, 0.15) is 6.61 Å². The number of piperidine rings is 1. The number of aromatic nitrogens is 4. The molecule has 24 heavy (non-hydrogen) atoms. The number of hydrogen-bond donors (Lipinski definition) is 0. The van der Waals surface area contributed by atoms with Crippen molar-refractivity contribution < 1.29 is 14.6 Å². The van der Waals surface area contributed by atoms with E-state index in [0.29, 0.717) is 23.3 Å². The SMILES string of the molecule is O=C(CSc1nnnn1-c1ccc2c(c1)OOC2)N1CCCCC1. The van der Waals surface area contributed by atoms with Crippen molar-refractivity contribution in [1.82, 2.24) is 25.1 Å². The lowest BCUT2D eigenvalue weighted by molar-refractivity contribution is -0.194. The van der Waals surface area contributed by atoms with E-state index in [1.807, 2.05) is 23.1 Å². The van der Waals surface area contributed by atoms with Gasteiger partial charge < -0.3 is 9.79 Å². The van der Waals surface area contributed by atoms with Gasteiger partial charge in [0.2, 0.25) is 11.1 Å². The van der Waals surface area contributed by atoms with Crippen LogP contribution in [0.4, 0.5) is 0 Å². The zero-order chi connectivity index (χ0) is 16.4. The molecule has 0 aliphatic carbocycles. The van der Waals surface area contributed by atoms with Gasteiger partial charge in [-0.15, -0.1) is 5.10 Å². The lowest BCUT2D eigenvalue weighted by Crippen LogP contribution is -2.36. The molecule has 1 aromatic heterocycles. The Bertz CT molecular complexity index is 744. The average molecular weight is 347 g/mol. The fraction of sp³-hybridized carbons (Fsp3) is 0.467. The average Bonchev–Trinajstić information content (AvgIpc) is 3.28. The molecule has 126 valence electrons. The third-order valence-electron chi connectivity index (χ3n) is 4.13. The minimum atomic E-state index is 0.139. The van der Waals surface area contributed by atoms with Crippen LogP contribution in [-0.4, -0.2) is 49.9 Å². The number of carbonyl (C=O) groups excluding carboxylic acids is 1. The van der Waals surface area contributed by atoms with Crippen molar-refractivity contribution in [2.75, 3.05) is 18.8 Å². The zero-order valence-corrected chi connectivity index (χ0v) is 13.9. The van der Waals surface area contributed by atoms with E-state index in [1.54, 1.807) is 4.68 Å². The molecule has 1 aromatic carbocycles. The van der Waals surface area contributed by atoms with Crippen LogP contribution in [0, 0.1) is 0 Å². The van der Waals surface area contributed by atoms with Crippen LogP contribution in [0.3, 0.4) is 0 Å². The van der Waals surface area contributed by atoms with E-state index >= 15 is 0 Å². The van der Waals surface area contributed by atoms with Crippen molar-refractivity contribution in [3.8, 4) is 11.4 Å². The largest absolute Gasteiger partial charge is 0.342 e. The van der Waals surface area contributed by atoms with E-state index in [9.17, 15) is 4.79 Å². The topological polar surface area (TPSA) is 82.4 Å². The van der Waals surface area contributed by atoms with Crippen molar-refractivity contribution in [2.45, 2.75) is 31.0 Å². The molecule has 0 unspecified atom stereocenters. The molecule has 1 amide bonds. The number of hydrogen-bond acceptors (Lipinski definition) is 7. The van der Waals surface area contributed by atoms with Crippen LogP contribution in [-0.2, 0) is 16.3 Å². The number of fused-ring (bicyclic) bond motifs is 1. The Morgan fingerprint density at radius 3 is 3.00 bits per heavy atom. The summed E-state index contributed by atoms with van der Waals surface area (Å²) in [6, 6.07) is 5.66. The number of rotatable bonds is 4. The summed E-state index contributed by atoms with van der Waals surface area (Å²) < 4.78 is 1.61. The Hall–Kier alpha value is -2.13. The van der Waals surface area contributed by atoms with Crippen LogP contribution >= 0.6 is 11.8 Å². The Morgan fingerprint density at radius 2 is 2.12 bits per heavy atom. The van der Waals surface area contributed by atoms with Crippen LogP contribution in [0.5, 0.6) is 5.75 Å². The lowest BCUT2D eigenvalue weighted by Gasteiger charge is -2.26. The first-order valence-electron chi connectivity index (χ1n) is 7.93. The summed E-state index contributed by atoms with van der Waals surface area (Å²) in [5.74, 6) is 1.15. The third-order valence-corrected chi connectivity index (χ3v) is 5.04. The normalized spacial score (nSPS) is 16.8. The fourth-order valence-corrected chi connectivity index (χ4v) is 3.61. The molecule has 8 nitrogen and oxygen atoms in total. The molecular weight excluding hydrogens is 330 g/mol. The van der Waals surface area contributed by atoms with Crippen molar-refractivity contribution >= 4 is 17.7 Å². The molecule has 0 N–H and O–H groups in total. The second kappa shape index (κ2) is 6.78. The Balaban J connectivity index is 1.45. The van der Waals surface area contributed by atoms with E-state index in [1.165, 1.54) is 18.2 Å². The second-order valence-electron chi connectivity index (χ2n) is 5.74. The standard InChI is InChI=1S/C15H17N5O3S/c21-14(19-6-2-1-3-7-19)10-24-15-16-17-18-20(15)12-5-4-11-9-22-23-13(11)8-12/h4-5,8H,1-3,6-7,9-10H2. The van der Waals surface area contributed by atoms with Gasteiger partial charge in [0.15, 0.2) is 5.75 Å². The minimum absolute atomic E-state index is 0.139. The van der Waals surface area contributed by atoms with Crippen LogP contribution in [0.25, 0.3) is 5.69 Å². The summed E-state index contributed by atoms with van der Waals surface area (Å²) >= 11 is 1.35. The highest BCUT2D eigenvalue weighted by Crippen LogP contribution is 2.29. The first kappa shape index (κ1) is 15.4. The first-order chi connectivity index (χ1) is 11.8. The summed E-state index contributed by atoms with van der Waals surface area (Å²) in [5.41, 5.74) is 1.76. The van der Waals surface area contributed by atoms with Gasteiger partial charge in [-0.3, -0.25) is 4.79 Å². The maximum atomic E-state index is 12.3. The monoisotopic (exact) mass is 347 g/mol. The van der Waals surface area contributed by atoms with Crippen LogP contribution in [0.1, 0.15) is 24.8 Å². The molecule has 0 atom stereocenters. The van der Waals surface area contributed by atoms with E-state index in [-0.39, 0.29) is 5.91 Å². The maximum Gasteiger partial charge on any atom is 0.233 e. The van der Waals surface area contributed by atoms with Gasteiger partial charge in [0.05, 0.1) is 11.4 Å². The van der Waals surface area contributed by atoms with E-state index in [2.05, 4.69) is 15.5 Å². The lowest BCUT2D eigenvalue weighted by atomic mass is 10.1. The quantitative estimate of drug-likeness (QED) is 0.613. The molecule has 2 aliphatic heterocycles. The summed E-state index contributed by atoms with van der Waals surface area (Å²) in [4.78, 5) is 24.3. The summed E-state index contributed by atoms with van der Waals surface area (Å²) in [5, 5.41) is 12.4. The van der Waals surface area contributed by atoms with Gasteiger partial charge in [0, 0.05) is 24.7 Å². The molecule has 3 heterocycles. The van der Waals surface area contributed by atoms with E-state index < -0.39 is 0 Å². The number of carbonyl (C=O) groups is 1. The highest BCUT2D eigenvalue weighted by molar-refractivity contribution is 7.99. The van der Waals surface area contributed by atoms with Gasteiger partial charge in [-0.05, 0) is 35.8 Å². The van der Waals surface area contributed by atoms with Gasteiger partial charge in [-0.25, -0.2) is 0 Å². The predicted octanol–water partition coefficient (Wildman–Crippen LogP) is 1.59. The highest BCUT2D eigenvalue weighted by Gasteiger charge is 2.20. The fourth-order valence-electron chi connectivity index (χ4n) is 2.82. The molecule has 9 heteroatoms. The molecule has 2 aliphatic rings. The number of amides is 1. The van der Waals surface area contributed by atoms with Crippen LogP contribution in [0.2, 0.25) is 0 Å². The smallest absolute Gasteiger partial charge is 0.233 e. The Morgan fingerprint density at radius 1 is 1.25 bits per heavy atom. The van der Waals surface area contributed by atoms with Gasteiger partial charge in [-0.2, -0.15) is 9.57 Å². The molecule has 2 aromatic rings. The highest BCUT2D eigenvalue weighted by atomic mass is 32.2. The number of benzene rings is 1. The zero-order valence-electron chi connectivity index (χ0n) is 13.1. The van der Waals surface area contributed by atoms with Gasteiger partial charge >= 0.3 is 0 Å². The van der Waals surface area contributed by atoms with Crippen molar-refractivity contribution in [3.05, 3.63) is 23.8 Å². The molecule has 1 fully saturated rings. The predicted molar refractivity (Wildman–Crippen MR) is 85.7 cm³/mol. The molecule has 0 spiro atoms. The molecule has 4 rings (SSSR count). The number of likely N-dealkylation sites (tertiary alicyclic amines) is 1. The van der Waals surface area contributed by atoms with E-state index in [0.717, 1.165) is 37.2 Å². The first-order valence-corrected chi connectivity index (χ1v) is 8.91. The number of tetrazole rings is 1. The Labute approximate surface area is 143 Å². The molecule has 0 bridgehead atoms. The third kappa shape index (κ3) is 3.09. The number of nitrogens with zero attached hydrogens (tertiary/aromatic N) is 5. The van der Waals surface area contributed by atoms with Crippen molar-refractivity contribution in [2.24, 2.45) is 0 Å². The van der Waals surface area contributed by atoms with Crippen molar-refractivity contribution in [1.29, 1.82) is 0 Å². The second-order valence-corrected chi connectivity index (χ2v) is 6.68. The van der Waals surface area contributed by atoms with E-state index in [4.69, 9.17) is 9.78 Å². The maximum absolute atomic E-state index is 12.3. The van der Waals surface area contributed by atoms with Gasteiger partial charge in [-0.1, -0.05) is 17.8 Å². The number of thioether (sulfide) groups is 1.